The Morgan fingerprint density at radius 2 is 1.91 bits per heavy atom. The van der Waals surface area contributed by atoms with Gasteiger partial charge in [0.1, 0.15) is 11.9 Å². The second kappa shape index (κ2) is 5.23. The Bertz CT molecular complexity index is 677. The molecule has 3 atom stereocenters. The molecule has 2 fully saturated rings. The molecule has 3 aliphatic rings. The van der Waals surface area contributed by atoms with Crippen LogP contribution in [0.25, 0.3) is 0 Å². The normalized spacial score (nSPS) is 30.2. The fraction of sp³-hybridized carbons (Fsp3) is 0.529. The maximum Gasteiger partial charge on any atom is 0.254 e. The zero-order chi connectivity index (χ0) is 16.1. The van der Waals surface area contributed by atoms with Crippen LogP contribution in [0.4, 0.5) is 0 Å². The lowest BCUT2D eigenvalue weighted by molar-refractivity contribution is 0.0929. The SMILES string of the molecule is CNC(=O)c1cc(C(=O)NC2C3COCC32)cc2c1OC(C)C2. The summed E-state index contributed by atoms with van der Waals surface area (Å²) in [5.74, 6) is 1.15. The summed E-state index contributed by atoms with van der Waals surface area (Å²) >= 11 is 0. The Labute approximate surface area is 134 Å². The van der Waals surface area contributed by atoms with Gasteiger partial charge < -0.3 is 20.1 Å². The van der Waals surface area contributed by atoms with Crippen LogP contribution in [0.2, 0.25) is 0 Å². The molecule has 1 saturated carbocycles. The number of nitrogens with one attached hydrogen (secondary N) is 2. The van der Waals surface area contributed by atoms with Gasteiger partial charge in [-0.3, -0.25) is 9.59 Å². The topological polar surface area (TPSA) is 76.7 Å². The fourth-order valence-corrected chi connectivity index (χ4v) is 3.66. The smallest absolute Gasteiger partial charge is 0.254 e. The summed E-state index contributed by atoms with van der Waals surface area (Å²) in [5, 5.41) is 5.68. The molecule has 0 radical (unpaired) electrons. The Morgan fingerprint density at radius 1 is 1.17 bits per heavy atom. The Kier molecular flexibility index (Phi) is 3.30. The predicted molar refractivity (Wildman–Crippen MR) is 82.7 cm³/mol. The molecule has 4 rings (SSSR count). The molecule has 1 aliphatic carbocycles. The van der Waals surface area contributed by atoms with E-state index in [1.165, 1.54) is 0 Å². The maximum absolute atomic E-state index is 12.5. The van der Waals surface area contributed by atoms with Gasteiger partial charge in [0.2, 0.25) is 0 Å². The molecule has 2 amide bonds. The van der Waals surface area contributed by atoms with Crippen molar-refractivity contribution in [2.24, 2.45) is 11.8 Å². The highest BCUT2D eigenvalue weighted by atomic mass is 16.5. The molecule has 2 N–H and O–H groups in total. The third-order valence-electron chi connectivity index (χ3n) is 4.98. The van der Waals surface area contributed by atoms with E-state index in [2.05, 4.69) is 10.6 Å². The maximum atomic E-state index is 12.5. The molecule has 1 aromatic rings. The standard InChI is InChI=1S/C17H20N2O4/c1-8-3-9-4-10(5-11(15(9)23-8)17(21)18-2)16(20)19-14-12-6-22-7-13(12)14/h4-5,8,12-14H,3,6-7H2,1-2H3,(H,18,21)(H,19,20). The molecule has 6 heteroatoms. The minimum absolute atomic E-state index is 0.0201. The van der Waals surface area contributed by atoms with Crippen LogP contribution in [0.1, 0.15) is 33.2 Å². The van der Waals surface area contributed by atoms with Gasteiger partial charge in [0.05, 0.1) is 18.8 Å². The van der Waals surface area contributed by atoms with Crippen molar-refractivity contribution in [2.75, 3.05) is 20.3 Å². The largest absolute Gasteiger partial charge is 0.489 e. The average Bonchev–Trinajstić information content (AvgIpc) is 2.93. The number of carbonyl (C=O) groups excluding carboxylic acids is 2. The third-order valence-corrected chi connectivity index (χ3v) is 4.98. The van der Waals surface area contributed by atoms with E-state index < -0.39 is 0 Å². The molecule has 6 nitrogen and oxygen atoms in total. The number of rotatable bonds is 3. The molecule has 23 heavy (non-hydrogen) atoms. The fourth-order valence-electron chi connectivity index (χ4n) is 3.66. The first kappa shape index (κ1) is 14.5. The monoisotopic (exact) mass is 316 g/mol. The zero-order valence-corrected chi connectivity index (χ0v) is 13.2. The first-order valence-electron chi connectivity index (χ1n) is 8.02. The van der Waals surface area contributed by atoms with Crippen molar-refractivity contribution >= 4 is 11.8 Å². The van der Waals surface area contributed by atoms with Crippen LogP contribution in [0.15, 0.2) is 12.1 Å². The van der Waals surface area contributed by atoms with Crippen LogP contribution in [-0.4, -0.2) is 44.2 Å². The van der Waals surface area contributed by atoms with E-state index in [9.17, 15) is 9.59 Å². The second-order valence-corrected chi connectivity index (χ2v) is 6.59. The van der Waals surface area contributed by atoms with E-state index in [4.69, 9.17) is 9.47 Å². The van der Waals surface area contributed by atoms with Gasteiger partial charge in [-0.25, -0.2) is 0 Å². The molecule has 0 spiro atoms. The minimum atomic E-state index is -0.235. The van der Waals surface area contributed by atoms with Gasteiger partial charge >= 0.3 is 0 Å². The van der Waals surface area contributed by atoms with E-state index in [1.54, 1.807) is 13.1 Å². The molecular formula is C17H20N2O4. The van der Waals surface area contributed by atoms with Crippen LogP contribution in [0.3, 0.4) is 0 Å². The van der Waals surface area contributed by atoms with E-state index in [0.29, 0.717) is 35.1 Å². The minimum Gasteiger partial charge on any atom is -0.489 e. The van der Waals surface area contributed by atoms with Crippen LogP contribution < -0.4 is 15.4 Å². The molecule has 1 aromatic carbocycles. The van der Waals surface area contributed by atoms with Gasteiger partial charge in [-0.05, 0) is 24.6 Å². The number of fused-ring (bicyclic) bond motifs is 2. The lowest BCUT2D eigenvalue weighted by Gasteiger charge is -2.12. The second-order valence-electron chi connectivity index (χ2n) is 6.59. The first-order chi connectivity index (χ1) is 11.1. The highest BCUT2D eigenvalue weighted by Gasteiger charge is 2.54. The summed E-state index contributed by atoms with van der Waals surface area (Å²) in [6, 6.07) is 3.68. The molecule has 0 bridgehead atoms. The van der Waals surface area contributed by atoms with Gasteiger partial charge in [-0.1, -0.05) is 0 Å². The summed E-state index contributed by atoms with van der Waals surface area (Å²) in [6.45, 7) is 3.42. The van der Waals surface area contributed by atoms with E-state index in [0.717, 1.165) is 18.8 Å². The predicted octanol–water partition coefficient (Wildman–Crippen LogP) is 0.744. The van der Waals surface area contributed by atoms with E-state index in [-0.39, 0.29) is 24.0 Å². The molecule has 0 aromatic heterocycles. The van der Waals surface area contributed by atoms with Crippen molar-refractivity contribution in [1.29, 1.82) is 0 Å². The number of carbonyl (C=O) groups is 2. The van der Waals surface area contributed by atoms with Crippen molar-refractivity contribution < 1.29 is 19.1 Å². The summed E-state index contributed by atoms with van der Waals surface area (Å²) in [7, 11) is 1.57. The van der Waals surface area contributed by atoms with Crippen LogP contribution in [0, 0.1) is 11.8 Å². The van der Waals surface area contributed by atoms with Crippen LogP contribution in [0.5, 0.6) is 5.75 Å². The van der Waals surface area contributed by atoms with Crippen molar-refractivity contribution in [3.05, 3.63) is 28.8 Å². The molecule has 2 aliphatic heterocycles. The highest BCUT2D eigenvalue weighted by Crippen LogP contribution is 2.44. The van der Waals surface area contributed by atoms with E-state index >= 15 is 0 Å². The third kappa shape index (κ3) is 2.37. The number of hydrogen-bond donors (Lipinski definition) is 2. The quantitative estimate of drug-likeness (QED) is 0.862. The summed E-state index contributed by atoms with van der Waals surface area (Å²) in [5.41, 5.74) is 1.87. The Balaban J connectivity index is 1.60. The highest BCUT2D eigenvalue weighted by molar-refractivity contribution is 6.02. The summed E-state index contributed by atoms with van der Waals surface area (Å²) in [4.78, 5) is 24.7. The van der Waals surface area contributed by atoms with Crippen molar-refractivity contribution in [2.45, 2.75) is 25.5 Å². The molecular weight excluding hydrogens is 296 g/mol. The van der Waals surface area contributed by atoms with Crippen molar-refractivity contribution in [1.82, 2.24) is 10.6 Å². The van der Waals surface area contributed by atoms with Gasteiger partial charge in [0.15, 0.2) is 0 Å². The number of amides is 2. The molecule has 1 saturated heterocycles. The number of hydrogen-bond acceptors (Lipinski definition) is 4. The lowest BCUT2D eigenvalue weighted by atomic mass is 10.0. The Morgan fingerprint density at radius 3 is 2.61 bits per heavy atom. The van der Waals surface area contributed by atoms with Gasteiger partial charge in [-0.15, -0.1) is 0 Å². The van der Waals surface area contributed by atoms with Crippen LogP contribution >= 0.6 is 0 Å². The van der Waals surface area contributed by atoms with Gasteiger partial charge in [0.25, 0.3) is 11.8 Å². The summed E-state index contributed by atoms with van der Waals surface area (Å²) < 4.78 is 11.1. The molecule has 122 valence electrons. The average molecular weight is 316 g/mol. The molecule has 2 heterocycles. The van der Waals surface area contributed by atoms with Gasteiger partial charge in [0, 0.05) is 36.9 Å². The van der Waals surface area contributed by atoms with Gasteiger partial charge in [-0.2, -0.15) is 0 Å². The Hall–Kier alpha value is -2.08. The van der Waals surface area contributed by atoms with Crippen molar-refractivity contribution in [3.63, 3.8) is 0 Å². The van der Waals surface area contributed by atoms with E-state index in [1.807, 2.05) is 13.0 Å². The van der Waals surface area contributed by atoms with Crippen LogP contribution in [-0.2, 0) is 11.2 Å². The van der Waals surface area contributed by atoms with Crippen molar-refractivity contribution in [3.8, 4) is 5.75 Å². The lowest BCUT2D eigenvalue weighted by Crippen LogP contribution is -2.30. The number of benzene rings is 1. The first-order valence-corrected chi connectivity index (χ1v) is 8.02. The molecule has 3 unspecified atom stereocenters. The summed E-state index contributed by atoms with van der Waals surface area (Å²) in [6.07, 6.45) is 0.731. The number of ether oxygens (including phenoxy) is 2. The zero-order valence-electron chi connectivity index (χ0n) is 13.2.